The molecule has 0 saturated heterocycles. The maximum absolute atomic E-state index is 4.42. The minimum Gasteiger partial charge on any atom is -0.125 e. The van der Waals surface area contributed by atoms with Crippen LogP contribution in [0, 0.1) is 0 Å². The topological polar surface area (TPSA) is 16.8 Å². The van der Waals surface area contributed by atoms with E-state index in [1.807, 2.05) is 11.7 Å². The van der Waals surface area contributed by atoms with Gasteiger partial charge in [-0.2, -0.15) is 0 Å². The highest BCUT2D eigenvalue weighted by Gasteiger charge is 2.13. The Morgan fingerprint density at radius 1 is 1.15 bits per heavy atom. The molecule has 0 aliphatic rings. The third-order valence-electron chi connectivity index (χ3n) is 1.59. The monoisotopic (exact) mass is 233 g/mol. The first-order valence-electron chi connectivity index (χ1n) is 3.75. The summed E-state index contributed by atoms with van der Waals surface area (Å²) in [4.78, 5) is 2.59. The minimum absolute atomic E-state index is 1.11. The zero-order valence-corrected chi connectivity index (χ0v) is 10.6. The SMILES string of the molecule is CSc1c[n+](C)nc(SC)c1SC. The lowest BCUT2D eigenvalue weighted by Gasteiger charge is -2.04. The molecule has 0 bridgehead atoms. The Labute approximate surface area is 91.9 Å². The van der Waals surface area contributed by atoms with Gasteiger partial charge in [0.25, 0.3) is 0 Å². The van der Waals surface area contributed by atoms with Gasteiger partial charge in [-0.05, 0) is 18.8 Å². The van der Waals surface area contributed by atoms with E-state index in [4.69, 9.17) is 0 Å². The number of hydrogen-bond donors (Lipinski definition) is 0. The fourth-order valence-corrected chi connectivity index (χ4v) is 3.60. The highest BCUT2D eigenvalue weighted by atomic mass is 32.2. The van der Waals surface area contributed by atoms with E-state index < -0.39 is 0 Å². The molecule has 0 atom stereocenters. The predicted octanol–water partition coefficient (Wildman–Crippen LogP) is 2.07. The molecule has 1 rings (SSSR count). The number of hydrogen-bond acceptors (Lipinski definition) is 4. The predicted molar refractivity (Wildman–Crippen MR) is 60.8 cm³/mol. The molecular formula is C8H13N2S3+. The van der Waals surface area contributed by atoms with E-state index in [0.717, 1.165) is 5.03 Å². The minimum atomic E-state index is 1.11. The van der Waals surface area contributed by atoms with Gasteiger partial charge in [0.15, 0.2) is 12.1 Å². The van der Waals surface area contributed by atoms with Gasteiger partial charge in [-0.3, -0.25) is 0 Å². The molecule has 0 fully saturated rings. The summed E-state index contributed by atoms with van der Waals surface area (Å²) >= 11 is 5.23. The Morgan fingerprint density at radius 3 is 2.31 bits per heavy atom. The third kappa shape index (κ3) is 2.54. The zero-order chi connectivity index (χ0) is 9.84. The van der Waals surface area contributed by atoms with Gasteiger partial charge >= 0.3 is 0 Å². The van der Waals surface area contributed by atoms with Crippen molar-refractivity contribution in [1.82, 2.24) is 5.10 Å². The molecule has 0 N–H and O–H groups in total. The molecule has 0 spiro atoms. The molecule has 0 aliphatic carbocycles. The summed E-state index contributed by atoms with van der Waals surface area (Å²) in [6.07, 6.45) is 8.32. The molecule has 0 unspecified atom stereocenters. The zero-order valence-electron chi connectivity index (χ0n) is 8.20. The number of thioether (sulfide) groups is 3. The molecule has 5 heteroatoms. The Kier molecular flexibility index (Phi) is 4.41. The first kappa shape index (κ1) is 11.2. The third-order valence-corrected chi connectivity index (χ3v) is 4.09. The smallest absolute Gasteiger partial charge is 0.125 e. The normalized spacial score (nSPS) is 10.5. The lowest BCUT2D eigenvalue weighted by molar-refractivity contribution is -0.736. The average molecular weight is 233 g/mol. The lowest BCUT2D eigenvalue weighted by Crippen LogP contribution is -2.33. The lowest BCUT2D eigenvalue weighted by atomic mass is 10.6. The summed E-state index contributed by atoms with van der Waals surface area (Å²) in [6, 6.07) is 0. The quantitative estimate of drug-likeness (QED) is 0.587. The molecule has 0 amide bonds. The maximum atomic E-state index is 4.42. The summed E-state index contributed by atoms with van der Waals surface area (Å²) in [6.45, 7) is 0. The average Bonchev–Trinajstić information content (AvgIpc) is 2.16. The van der Waals surface area contributed by atoms with E-state index in [1.54, 1.807) is 35.3 Å². The summed E-state index contributed by atoms with van der Waals surface area (Å²) in [5, 5.41) is 5.53. The molecule has 13 heavy (non-hydrogen) atoms. The molecule has 1 aromatic rings. The van der Waals surface area contributed by atoms with Crippen LogP contribution in [0.3, 0.4) is 0 Å². The van der Waals surface area contributed by atoms with E-state index in [-0.39, 0.29) is 0 Å². The molecule has 0 radical (unpaired) electrons. The van der Waals surface area contributed by atoms with E-state index in [9.17, 15) is 0 Å². The Bertz CT molecular complexity index is 276. The number of rotatable bonds is 3. The largest absolute Gasteiger partial charge is 0.210 e. The first-order valence-corrected chi connectivity index (χ1v) is 7.43. The van der Waals surface area contributed by atoms with Crippen LogP contribution in [-0.2, 0) is 7.05 Å². The van der Waals surface area contributed by atoms with Crippen LogP contribution in [0.25, 0.3) is 0 Å². The van der Waals surface area contributed by atoms with Gasteiger partial charge in [0.2, 0.25) is 6.20 Å². The van der Waals surface area contributed by atoms with Crippen molar-refractivity contribution in [2.45, 2.75) is 14.8 Å². The van der Waals surface area contributed by atoms with E-state index >= 15 is 0 Å². The molecule has 1 heterocycles. The van der Waals surface area contributed by atoms with Crippen molar-refractivity contribution in [3.63, 3.8) is 0 Å². The van der Waals surface area contributed by atoms with Crippen molar-refractivity contribution in [3.05, 3.63) is 6.20 Å². The van der Waals surface area contributed by atoms with Crippen LogP contribution in [0.5, 0.6) is 0 Å². The molecule has 0 aromatic carbocycles. The number of aromatic nitrogens is 2. The van der Waals surface area contributed by atoms with Crippen LogP contribution < -0.4 is 4.68 Å². The van der Waals surface area contributed by atoms with Gasteiger partial charge < -0.3 is 0 Å². The second-order valence-corrected chi connectivity index (χ2v) is 4.87. The van der Waals surface area contributed by atoms with Crippen molar-refractivity contribution in [2.24, 2.45) is 7.05 Å². The highest BCUT2D eigenvalue weighted by molar-refractivity contribution is 8.03. The molecule has 0 aliphatic heterocycles. The second-order valence-electron chi connectivity index (χ2n) is 2.41. The summed E-state index contributed by atoms with van der Waals surface area (Å²) in [5.41, 5.74) is 0. The highest BCUT2D eigenvalue weighted by Crippen LogP contribution is 2.32. The van der Waals surface area contributed by atoms with Gasteiger partial charge in [-0.1, -0.05) is 4.68 Å². The van der Waals surface area contributed by atoms with E-state index in [2.05, 4.69) is 30.1 Å². The van der Waals surface area contributed by atoms with Gasteiger partial charge in [0.1, 0.15) is 0 Å². The molecule has 1 aromatic heterocycles. The number of nitrogens with zero attached hydrogens (tertiary/aromatic N) is 2. The fraction of sp³-hybridized carbons (Fsp3) is 0.500. The molecule has 0 saturated carbocycles. The van der Waals surface area contributed by atoms with Crippen molar-refractivity contribution >= 4 is 35.3 Å². The van der Waals surface area contributed by atoms with Crippen molar-refractivity contribution in [2.75, 3.05) is 18.8 Å². The fourth-order valence-electron chi connectivity index (χ4n) is 1.02. The van der Waals surface area contributed by atoms with E-state index in [1.165, 1.54) is 9.79 Å². The van der Waals surface area contributed by atoms with Crippen molar-refractivity contribution in [3.8, 4) is 0 Å². The van der Waals surface area contributed by atoms with Crippen molar-refractivity contribution < 1.29 is 4.68 Å². The van der Waals surface area contributed by atoms with E-state index in [0.29, 0.717) is 0 Å². The Hall–Kier alpha value is 0.130. The van der Waals surface area contributed by atoms with Gasteiger partial charge in [-0.25, -0.2) is 0 Å². The van der Waals surface area contributed by atoms with Crippen LogP contribution in [0.1, 0.15) is 0 Å². The second kappa shape index (κ2) is 5.12. The van der Waals surface area contributed by atoms with Gasteiger partial charge in [0, 0.05) is 5.10 Å². The summed E-state index contributed by atoms with van der Waals surface area (Å²) < 4.78 is 1.87. The van der Waals surface area contributed by atoms with Crippen LogP contribution >= 0.6 is 35.3 Å². The van der Waals surface area contributed by atoms with Gasteiger partial charge in [-0.15, -0.1) is 35.3 Å². The Morgan fingerprint density at radius 2 is 1.85 bits per heavy atom. The van der Waals surface area contributed by atoms with Gasteiger partial charge in [0.05, 0.1) is 9.79 Å². The van der Waals surface area contributed by atoms with Crippen LogP contribution in [0.2, 0.25) is 0 Å². The Balaban J connectivity index is 3.25. The van der Waals surface area contributed by atoms with Crippen LogP contribution in [0.4, 0.5) is 0 Å². The summed E-state index contributed by atoms with van der Waals surface area (Å²) in [5.74, 6) is 0. The number of aryl methyl sites for hydroxylation is 1. The maximum Gasteiger partial charge on any atom is 0.210 e. The first-order chi connectivity index (χ1) is 6.22. The molecular weight excluding hydrogens is 220 g/mol. The van der Waals surface area contributed by atoms with Crippen LogP contribution in [-0.4, -0.2) is 23.9 Å². The molecule has 2 nitrogen and oxygen atoms in total. The summed E-state index contributed by atoms with van der Waals surface area (Å²) in [7, 11) is 1.96. The molecule has 72 valence electrons. The van der Waals surface area contributed by atoms with Crippen molar-refractivity contribution in [1.29, 1.82) is 0 Å². The standard InChI is InChI=1S/C8H13N2S3/c1-10-5-6(11-2)7(12-3)8(9-10)13-4/h5H,1-4H3/q+1. The van der Waals surface area contributed by atoms with Crippen LogP contribution in [0.15, 0.2) is 21.0 Å².